The number of imide groups is 1. The molecule has 114 valence electrons. The van der Waals surface area contributed by atoms with Crippen LogP contribution in [0.3, 0.4) is 0 Å². The van der Waals surface area contributed by atoms with Crippen molar-refractivity contribution in [2.45, 2.75) is 27.2 Å². The molecule has 0 aromatic heterocycles. The van der Waals surface area contributed by atoms with Crippen molar-refractivity contribution in [2.24, 2.45) is 5.41 Å². The van der Waals surface area contributed by atoms with Crippen molar-refractivity contribution in [1.82, 2.24) is 5.32 Å². The van der Waals surface area contributed by atoms with Crippen LogP contribution in [0, 0.1) is 12.3 Å². The standard InChI is InChI=1S/C14H17BrN2O4/c1-8-9(15)5-4-6-10(8)16-13(21)17-11(18)7-14(2,3)12(19)20/h4-6H,7H2,1-3H3,(H,19,20)(H2,16,17,18,21). The summed E-state index contributed by atoms with van der Waals surface area (Å²) in [5, 5.41) is 13.6. The second kappa shape index (κ2) is 6.71. The number of amides is 3. The van der Waals surface area contributed by atoms with E-state index in [9.17, 15) is 14.4 Å². The van der Waals surface area contributed by atoms with E-state index >= 15 is 0 Å². The topological polar surface area (TPSA) is 95.5 Å². The number of carboxylic acids is 1. The van der Waals surface area contributed by atoms with E-state index in [0.717, 1.165) is 10.0 Å². The lowest BCUT2D eigenvalue weighted by atomic mass is 9.89. The maximum Gasteiger partial charge on any atom is 0.325 e. The molecule has 3 amide bonds. The van der Waals surface area contributed by atoms with Crippen molar-refractivity contribution in [1.29, 1.82) is 0 Å². The molecule has 0 saturated carbocycles. The van der Waals surface area contributed by atoms with E-state index in [4.69, 9.17) is 5.11 Å². The van der Waals surface area contributed by atoms with Gasteiger partial charge in [-0.3, -0.25) is 14.9 Å². The van der Waals surface area contributed by atoms with Crippen molar-refractivity contribution in [3.8, 4) is 0 Å². The van der Waals surface area contributed by atoms with Gasteiger partial charge in [0.2, 0.25) is 5.91 Å². The molecule has 0 bridgehead atoms. The van der Waals surface area contributed by atoms with E-state index in [-0.39, 0.29) is 6.42 Å². The highest BCUT2D eigenvalue weighted by Crippen LogP contribution is 2.23. The van der Waals surface area contributed by atoms with Crippen molar-refractivity contribution in [3.05, 3.63) is 28.2 Å². The average molecular weight is 357 g/mol. The summed E-state index contributed by atoms with van der Waals surface area (Å²) in [7, 11) is 0. The maximum absolute atomic E-state index is 11.7. The molecule has 0 aliphatic carbocycles. The van der Waals surface area contributed by atoms with Crippen LogP contribution in [-0.2, 0) is 9.59 Å². The van der Waals surface area contributed by atoms with E-state index in [2.05, 4.69) is 26.6 Å². The summed E-state index contributed by atoms with van der Waals surface area (Å²) in [6.45, 7) is 4.66. The Morgan fingerprint density at radius 1 is 1.29 bits per heavy atom. The minimum absolute atomic E-state index is 0.285. The third-order valence-electron chi connectivity index (χ3n) is 2.95. The number of rotatable bonds is 4. The van der Waals surface area contributed by atoms with Crippen LogP contribution >= 0.6 is 15.9 Å². The first kappa shape index (κ1) is 17.2. The molecule has 6 nitrogen and oxygen atoms in total. The summed E-state index contributed by atoms with van der Waals surface area (Å²) in [5.74, 6) is -1.74. The Kier molecular flexibility index (Phi) is 5.48. The molecule has 0 heterocycles. The highest BCUT2D eigenvalue weighted by atomic mass is 79.9. The Bertz CT molecular complexity index is 584. The largest absolute Gasteiger partial charge is 0.481 e. The zero-order valence-corrected chi connectivity index (χ0v) is 13.6. The third-order valence-corrected chi connectivity index (χ3v) is 3.81. The van der Waals surface area contributed by atoms with Crippen LogP contribution in [-0.4, -0.2) is 23.0 Å². The van der Waals surface area contributed by atoms with Gasteiger partial charge in [0.05, 0.1) is 5.41 Å². The molecular formula is C14H17BrN2O4. The van der Waals surface area contributed by atoms with Gasteiger partial charge in [-0.05, 0) is 38.5 Å². The Morgan fingerprint density at radius 3 is 2.48 bits per heavy atom. The van der Waals surface area contributed by atoms with E-state index in [1.807, 2.05) is 13.0 Å². The molecule has 0 unspecified atom stereocenters. The first-order chi connectivity index (χ1) is 9.63. The Labute approximate surface area is 131 Å². The van der Waals surface area contributed by atoms with E-state index < -0.39 is 23.3 Å². The summed E-state index contributed by atoms with van der Waals surface area (Å²) >= 11 is 3.34. The molecule has 1 rings (SSSR count). The van der Waals surface area contributed by atoms with Gasteiger partial charge in [0.15, 0.2) is 0 Å². The van der Waals surface area contributed by atoms with Crippen LogP contribution in [0.5, 0.6) is 0 Å². The van der Waals surface area contributed by atoms with E-state index in [0.29, 0.717) is 5.69 Å². The fourth-order valence-corrected chi connectivity index (χ4v) is 1.91. The number of urea groups is 1. The van der Waals surface area contributed by atoms with Crippen LogP contribution < -0.4 is 10.6 Å². The molecule has 7 heteroatoms. The second-order valence-corrected chi connectivity index (χ2v) is 6.13. The van der Waals surface area contributed by atoms with Crippen LogP contribution in [0.25, 0.3) is 0 Å². The van der Waals surface area contributed by atoms with Gasteiger partial charge >= 0.3 is 12.0 Å². The van der Waals surface area contributed by atoms with E-state index in [1.54, 1.807) is 12.1 Å². The minimum Gasteiger partial charge on any atom is -0.481 e. The number of hydrogen-bond donors (Lipinski definition) is 3. The SMILES string of the molecule is Cc1c(Br)cccc1NC(=O)NC(=O)CC(C)(C)C(=O)O. The molecule has 21 heavy (non-hydrogen) atoms. The average Bonchev–Trinajstić information content (AvgIpc) is 2.33. The van der Waals surface area contributed by atoms with Gasteiger partial charge in [0.25, 0.3) is 0 Å². The predicted octanol–water partition coefficient (Wildman–Crippen LogP) is 2.91. The molecule has 3 N–H and O–H groups in total. The van der Waals surface area contributed by atoms with Gasteiger partial charge in [-0.1, -0.05) is 22.0 Å². The van der Waals surface area contributed by atoms with Crippen LogP contribution in [0.4, 0.5) is 10.5 Å². The number of benzene rings is 1. The van der Waals surface area contributed by atoms with Gasteiger partial charge < -0.3 is 10.4 Å². The lowest BCUT2D eigenvalue weighted by Crippen LogP contribution is -2.38. The molecule has 0 spiro atoms. The molecule has 0 radical (unpaired) electrons. The second-order valence-electron chi connectivity index (χ2n) is 5.28. The summed E-state index contributed by atoms with van der Waals surface area (Å²) in [5.41, 5.74) is 0.161. The van der Waals surface area contributed by atoms with E-state index in [1.165, 1.54) is 13.8 Å². The number of carbonyl (C=O) groups excluding carboxylic acids is 2. The van der Waals surface area contributed by atoms with Gasteiger partial charge in [-0.25, -0.2) is 4.79 Å². The summed E-state index contributed by atoms with van der Waals surface area (Å²) in [6, 6.07) is 4.59. The summed E-state index contributed by atoms with van der Waals surface area (Å²) < 4.78 is 0.832. The van der Waals surface area contributed by atoms with Crippen molar-refractivity contribution >= 4 is 39.5 Å². The number of anilines is 1. The molecule has 0 saturated heterocycles. The highest BCUT2D eigenvalue weighted by Gasteiger charge is 2.30. The maximum atomic E-state index is 11.7. The van der Waals surface area contributed by atoms with Crippen LogP contribution in [0.2, 0.25) is 0 Å². The molecular weight excluding hydrogens is 340 g/mol. The molecule has 0 aliphatic heterocycles. The van der Waals surface area contributed by atoms with Crippen molar-refractivity contribution in [2.75, 3.05) is 5.32 Å². The van der Waals surface area contributed by atoms with Crippen LogP contribution in [0.1, 0.15) is 25.8 Å². The highest BCUT2D eigenvalue weighted by molar-refractivity contribution is 9.10. The summed E-state index contributed by atoms with van der Waals surface area (Å²) in [4.78, 5) is 34.3. The number of carbonyl (C=O) groups is 3. The molecule has 1 aromatic rings. The van der Waals surface area contributed by atoms with Gasteiger partial charge in [-0.2, -0.15) is 0 Å². The molecule has 0 atom stereocenters. The number of halogens is 1. The molecule has 0 fully saturated rings. The van der Waals surface area contributed by atoms with Crippen molar-refractivity contribution < 1.29 is 19.5 Å². The first-order valence-corrected chi connectivity index (χ1v) is 7.02. The predicted molar refractivity (Wildman–Crippen MR) is 82.1 cm³/mol. The Morgan fingerprint density at radius 2 is 1.90 bits per heavy atom. The fourth-order valence-electron chi connectivity index (χ4n) is 1.54. The fraction of sp³-hybridized carbons (Fsp3) is 0.357. The zero-order chi connectivity index (χ0) is 16.2. The third kappa shape index (κ3) is 4.86. The van der Waals surface area contributed by atoms with Gasteiger partial charge in [0.1, 0.15) is 0 Å². The number of hydrogen-bond acceptors (Lipinski definition) is 3. The molecule has 1 aromatic carbocycles. The van der Waals surface area contributed by atoms with Crippen LogP contribution in [0.15, 0.2) is 22.7 Å². The normalized spacial score (nSPS) is 10.9. The number of carboxylic acid groups (broad SMARTS) is 1. The van der Waals surface area contributed by atoms with Gasteiger partial charge in [-0.15, -0.1) is 0 Å². The quantitative estimate of drug-likeness (QED) is 0.772. The monoisotopic (exact) mass is 356 g/mol. The Hall–Kier alpha value is -1.89. The number of nitrogens with one attached hydrogen (secondary N) is 2. The Balaban J connectivity index is 2.64. The molecule has 0 aliphatic rings. The lowest BCUT2D eigenvalue weighted by Gasteiger charge is -2.18. The lowest BCUT2D eigenvalue weighted by molar-refractivity contribution is -0.149. The zero-order valence-electron chi connectivity index (χ0n) is 12.0. The van der Waals surface area contributed by atoms with Crippen molar-refractivity contribution in [3.63, 3.8) is 0 Å². The minimum atomic E-state index is -1.23. The smallest absolute Gasteiger partial charge is 0.325 e. The number of aliphatic carboxylic acids is 1. The summed E-state index contributed by atoms with van der Waals surface area (Å²) in [6.07, 6.45) is -0.285. The van der Waals surface area contributed by atoms with Gasteiger partial charge in [0, 0.05) is 16.6 Å². The first-order valence-electron chi connectivity index (χ1n) is 6.23.